The molecule has 0 aliphatic carbocycles. The number of hydrogen-bond donors (Lipinski definition) is 0. The van der Waals surface area contributed by atoms with Crippen LogP contribution in [0.2, 0.25) is 5.28 Å². The Morgan fingerprint density at radius 2 is 2.20 bits per heavy atom. The van der Waals surface area contributed by atoms with Gasteiger partial charge in [0.1, 0.15) is 5.82 Å². The van der Waals surface area contributed by atoms with E-state index < -0.39 is 0 Å². The van der Waals surface area contributed by atoms with Gasteiger partial charge < -0.3 is 9.64 Å². The third kappa shape index (κ3) is 2.73. The number of hydrogen-bond acceptors (Lipinski definition) is 5. The van der Waals surface area contributed by atoms with Crippen molar-refractivity contribution in [1.82, 2.24) is 15.0 Å². The number of morpholine rings is 1. The quantitative estimate of drug-likeness (QED) is 0.795. The fraction of sp³-hybridized carbons (Fsp3) is 0.357. The molecule has 3 heterocycles. The zero-order chi connectivity index (χ0) is 13.9. The van der Waals surface area contributed by atoms with Crippen molar-refractivity contribution in [3.8, 4) is 11.4 Å². The standard InChI is InChI=1S/C14H15ClN4O/c1-10-9-20-7-6-19(10)13-8-12(17-14(15)18-13)11-4-2-3-5-16-11/h2-5,8,10H,6-7,9H2,1H3/t10-/m0/s1. The maximum Gasteiger partial charge on any atom is 0.224 e. The fourth-order valence-electron chi connectivity index (χ4n) is 2.27. The minimum absolute atomic E-state index is 0.238. The van der Waals surface area contributed by atoms with Crippen molar-refractivity contribution in [1.29, 1.82) is 0 Å². The zero-order valence-electron chi connectivity index (χ0n) is 11.2. The normalized spacial score (nSPS) is 19.1. The molecule has 0 amide bonds. The van der Waals surface area contributed by atoms with Crippen molar-refractivity contribution < 1.29 is 4.74 Å². The molecule has 0 N–H and O–H groups in total. The summed E-state index contributed by atoms with van der Waals surface area (Å²) in [6, 6.07) is 7.90. The molecule has 104 valence electrons. The molecule has 1 saturated heterocycles. The number of rotatable bonds is 2. The molecule has 0 unspecified atom stereocenters. The van der Waals surface area contributed by atoms with Crippen LogP contribution in [-0.2, 0) is 4.74 Å². The Morgan fingerprint density at radius 3 is 2.95 bits per heavy atom. The molecular formula is C14H15ClN4O. The highest BCUT2D eigenvalue weighted by Crippen LogP contribution is 2.24. The molecule has 20 heavy (non-hydrogen) atoms. The minimum Gasteiger partial charge on any atom is -0.377 e. The molecule has 0 aromatic carbocycles. The first-order valence-corrected chi connectivity index (χ1v) is 6.92. The van der Waals surface area contributed by atoms with Gasteiger partial charge in [-0.15, -0.1) is 0 Å². The lowest BCUT2D eigenvalue weighted by Crippen LogP contribution is -2.44. The Hall–Kier alpha value is -1.72. The van der Waals surface area contributed by atoms with Crippen molar-refractivity contribution in [3.05, 3.63) is 35.7 Å². The lowest BCUT2D eigenvalue weighted by atomic mass is 10.2. The molecule has 1 atom stereocenters. The predicted octanol–water partition coefficient (Wildman–Crippen LogP) is 2.42. The monoisotopic (exact) mass is 290 g/mol. The molecule has 2 aromatic heterocycles. The molecule has 0 radical (unpaired) electrons. The van der Waals surface area contributed by atoms with Gasteiger partial charge in [-0.2, -0.15) is 0 Å². The maximum absolute atomic E-state index is 6.06. The lowest BCUT2D eigenvalue weighted by molar-refractivity contribution is 0.0985. The number of pyridine rings is 1. The molecule has 6 heteroatoms. The number of anilines is 1. The Kier molecular flexibility index (Phi) is 3.80. The van der Waals surface area contributed by atoms with Gasteiger partial charge in [0.2, 0.25) is 5.28 Å². The number of aromatic nitrogens is 3. The van der Waals surface area contributed by atoms with E-state index in [0.29, 0.717) is 13.2 Å². The first kappa shape index (κ1) is 13.3. The summed E-state index contributed by atoms with van der Waals surface area (Å²) in [6.07, 6.45) is 1.74. The SMILES string of the molecule is C[C@H]1COCCN1c1cc(-c2ccccn2)nc(Cl)n1. The van der Waals surface area contributed by atoms with E-state index in [0.717, 1.165) is 23.8 Å². The molecule has 0 bridgehead atoms. The fourth-order valence-corrected chi connectivity index (χ4v) is 2.44. The Labute approximate surface area is 122 Å². The van der Waals surface area contributed by atoms with Crippen molar-refractivity contribution in [2.75, 3.05) is 24.7 Å². The van der Waals surface area contributed by atoms with Crippen molar-refractivity contribution in [2.45, 2.75) is 13.0 Å². The topological polar surface area (TPSA) is 51.1 Å². The van der Waals surface area contributed by atoms with Gasteiger partial charge in [0.05, 0.1) is 30.6 Å². The largest absolute Gasteiger partial charge is 0.377 e. The van der Waals surface area contributed by atoms with Crippen molar-refractivity contribution in [3.63, 3.8) is 0 Å². The molecule has 1 aliphatic rings. The predicted molar refractivity (Wildman–Crippen MR) is 77.9 cm³/mol. The van der Waals surface area contributed by atoms with Crippen LogP contribution in [0.15, 0.2) is 30.5 Å². The molecular weight excluding hydrogens is 276 g/mol. The second-order valence-corrected chi connectivity index (χ2v) is 5.05. The first-order chi connectivity index (χ1) is 9.74. The lowest BCUT2D eigenvalue weighted by Gasteiger charge is -2.34. The minimum atomic E-state index is 0.238. The van der Waals surface area contributed by atoms with Gasteiger partial charge in [-0.3, -0.25) is 4.98 Å². The molecule has 1 fully saturated rings. The summed E-state index contributed by atoms with van der Waals surface area (Å²) < 4.78 is 5.45. The van der Waals surface area contributed by atoms with E-state index >= 15 is 0 Å². The Bertz CT molecular complexity index is 593. The van der Waals surface area contributed by atoms with E-state index in [-0.39, 0.29) is 11.3 Å². The summed E-state index contributed by atoms with van der Waals surface area (Å²) in [7, 11) is 0. The highest BCUT2D eigenvalue weighted by molar-refractivity contribution is 6.28. The van der Waals surface area contributed by atoms with Gasteiger partial charge in [-0.1, -0.05) is 6.07 Å². The van der Waals surface area contributed by atoms with Gasteiger partial charge in [-0.05, 0) is 30.7 Å². The molecule has 3 rings (SSSR count). The van der Waals surface area contributed by atoms with Crippen molar-refractivity contribution in [2.24, 2.45) is 0 Å². The van der Waals surface area contributed by atoms with Crippen molar-refractivity contribution >= 4 is 17.4 Å². The first-order valence-electron chi connectivity index (χ1n) is 6.54. The average molecular weight is 291 g/mol. The summed E-state index contributed by atoms with van der Waals surface area (Å²) >= 11 is 6.06. The summed E-state index contributed by atoms with van der Waals surface area (Å²) in [4.78, 5) is 15.1. The summed E-state index contributed by atoms with van der Waals surface area (Å²) in [5.74, 6) is 0.821. The van der Waals surface area contributed by atoms with E-state index in [1.54, 1.807) is 6.20 Å². The van der Waals surface area contributed by atoms with Crippen LogP contribution in [0.3, 0.4) is 0 Å². The smallest absolute Gasteiger partial charge is 0.224 e. The maximum atomic E-state index is 6.06. The van der Waals surface area contributed by atoms with Crippen LogP contribution in [0.5, 0.6) is 0 Å². The Balaban J connectivity index is 1.98. The highest BCUT2D eigenvalue weighted by atomic mass is 35.5. The van der Waals surface area contributed by atoms with Crippen LogP contribution in [0.25, 0.3) is 11.4 Å². The van der Waals surface area contributed by atoms with Crippen LogP contribution >= 0.6 is 11.6 Å². The van der Waals surface area contributed by atoms with Gasteiger partial charge in [-0.25, -0.2) is 9.97 Å². The van der Waals surface area contributed by atoms with E-state index in [1.165, 1.54) is 0 Å². The van der Waals surface area contributed by atoms with Gasteiger partial charge in [0.15, 0.2) is 0 Å². The zero-order valence-corrected chi connectivity index (χ0v) is 11.9. The second-order valence-electron chi connectivity index (χ2n) is 4.71. The summed E-state index contributed by atoms with van der Waals surface area (Å²) in [6.45, 7) is 4.30. The van der Waals surface area contributed by atoms with Crippen LogP contribution in [0, 0.1) is 0 Å². The third-order valence-electron chi connectivity index (χ3n) is 3.27. The van der Waals surface area contributed by atoms with E-state index in [9.17, 15) is 0 Å². The average Bonchev–Trinajstić information content (AvgIpc) is 2.48. The van der Waals surface area contributed by atoms with Gasteiger partial charge in [0, 0.05) is 18.8 Å². The van der Waals surface area contributed by atoms with E-state index in [4.69, 9.17) is 16.3 Å². The molecule has 5 nitrogen and oxygen atoms in total. The van der Waals surface area contributed by atoms with Crippen LogP contribution in [-0.4, -0.2) is 40.8 Å². The van der Waals surface area contributed by atoms with Crippen LogP contribution < -0.4 is 4.90 Å². The number of ether oxygens (including phenoxy) is 1. The summed E-state index contributed by atoms with van der Waals surface area (Å²) in [5, 5.41) is 0.238. The molecule has 0 spiro atoms. The van der Waals surface area contributed by atoms with Crippen LogP contribution in [0.4, 0.5) is 5.82 Å². The van der Waals surface area contributed by atoms with E-state index in [1.807, 2.05) is 24.3 Å². The molecule has 0 saturated carbocycles. The third-order valence-corrected chi connectivity index (χ3v) is 3.44. The molecule has 2 aromatic rings. The summed E-state index contributed by atoms with van der Waals surface area (Å²) in [5.41, 5.74) is 1.53. The Morgan fingerprint density at radius 1 is 1.30 bits per heavy atom. The second kappa shape index (κ2) is 5.73. The van der Waals surface area contributed by atoms with Crippen LogP contribution in [0.1, 0.15) is 6.92 Å². The highest BCUT2D eigenvalue weighted by Gasteiger charge is 2.21. The van der Waals surface area contributed by atoms with Gasteiger partial charge in [0.25, 0.3) is 0 Å². The number of nitrogens with zero attached hydrogens (tertiary/aromatic N) is 4. The molecule has 1 aliphatic heterocycles. The van der Waals surface area contributed by atoms with Gasteiger partial charge >= 0.3 is 0 Å². The number of halogens is 1. The van der Waals surface area contributed by atoms with E-state index in [2.05, 4.69) is 26.8 Å².